The zero-order chi connectivity index (χ0) is 15.8. The predicted octanol–water partition coefficient (Wildman–Crippen LogP) is 4.16. The molecule has 112 valence electrons. The minimum absolute atomic E-state index is 0.0642. The van der Waals surface area contributed by atoms with Crippen LogP contribution >= 0.6 is 22.7 Å². The molecule has 0 radical (unpaired) electrons. The van der Waals surface area contributed by atoms with Crippen LogP contribution < -0.4 is 0 Å². The van der Waals surface area contributed by atoms with Gasteiger partial charge >= 0.3 is 5.97 Å². The fourth-order valence-electron chi connectivity index (χ4n) is 1.76. The Kier molecular flexibility index (Phi) is 4.30. The molecule has 4 nitrogen and oxygen atoms in total. The zero-order valence-electron chi connectivity index (χ0n) is 12.6. The minimum atomic E-state index is -0.574. The molecule has 0 fully saturated rings. The van der Waals surface area contributed by atoms with Crippen LogP contribution in [0, 0.1) is 0 Å². The largest absolute Gasteiger partial charge is 0.464 e. The second-order valence-electron chi connectivity index (χ2n) is 5.66. The smallest absolute Gasteiger partial charge is 0.358 e. The molecule has 2 rings (SSSR count). The standard InChI is InChI=1S/C15H17NO3S2/c1-8(17)12-11(14(18)19-5)16-13(21-12)9-6-7-10(20-9)15(2,3)4/h6-7H,1-5H3. The van der Waals surface area contributed by atoms with E-state index in [9.17, 15) is 9.59 Å². The predicted molar refractivity (Wildman–Crippen MR) is 85.5 cm³/mol. The van der Waals surface area contributed by atoms with Crippen molar-refractivity contribution in [3.05, 3.63) is 27.6 Å². The highest BCUT2D eigenvalue weighted by atomic mass is 32.1. The summed E-state index contributed by atoms with van der Waals surface area (Å²) in [5, 5.41) is 0.682. The molecule has 0 aliphatic heterocycles. The van der Waals surface area contributed by atoms with Crippen molar-refractivity contribution < 1.29 is 14.3 Å². The molecule has 0 aliphatic rings. The lowest BCUT2D eigenvalue weighted by Gasteiger charge is -2.15. The van der Waals surface area contributed by atoms with Crippen molar-refractivity contribution in [3.63, 3.8) is 0 Å². The van der Waals surface area contributed by atoms with Crippen molar-refractivity contribution in [3.8, 4) is 9.88 Å². The van der Waals surface area contributed by atoms with Gasteiger partial charge in [-0.2, -0.15) is 0 Å². The lowest BCUT2D eigenvalue weighted by atomic mass is 9.95. The van der Waals surface area contributed by atoms with Crippen LogP contribution in [0.3, 0.4) is 0 Å². The Labute approximate surface area is 131 Å². The van der Waals surface area contributed by atoms with E-state index in [-0.39, 0.29) is 16.9 Å². The third kappa shape index (κ3) is 3.22. The molecular formula is C15H17NO3S2. The number of aromatic nitrogens is 1. The minimum Gasteiger partial charge on any atom is -0.464 e. The number of esters is 1. The Morgan fingerprint density at radius 2 is 1.86 bits per heavy atom. The summed E-state index contributed by atoms with van der Waals surface area (Å²) < 4.78 is 4.69. The monoisotopic (exact) mass is 323 g/mol. The normalized spacial score (nSPS) is 11.5. The molecular weight excluding hydrogens is 306 g/mol. The van der Waals surface area contributed by atoms with Crippen molar-refractivity contribution in [2.24, 2.45) is 0 Å². The van der Waals surface area contributed by atoms with Crippen LogP contribution in [-0.2, 0) is 10.2 Å². The van der Waals surface area contributed by atoms with Crippen molar-refractivity contribution in [1.82, 2.24) is 4.98 Å². The van der Waals surface area contributed by atoms with Crippen molar-refractivity contribution in [1.29, 1.82) is 0 Å². The van der Waals surface area contributed by atoms with Gasteiger partial charge in [0.05, 0.1) is 12.0 Å². The third-order valence-corrected chi connectivity index (χ3v) is 5.72. The summed E-state index contributed by atoms with van der Waals surface area (Å²) in [7, 11) is 1.29. The summed E-state index contributed by atoms with van der Waals surface area (Å²) in [5.41, 5.74) is 0.171. The van der Waals surface area contributed by atoms with Crippen LogP contribution in [0.15, 0.2) is 12.1 Å². The van der Waals surface area contributed by atoms with Gasteiger partial charge in [0.25, 0.3) is 0 Å². The van der Waals surface area contributed by atoms with E-state index in [1.807, 2.05) is 6.07 Å². The number of nitrogens with zero attached hydrogens (tertiary/aromatic N) is 1. The first-order valence-electron chi connectivity index (χ1n) is 6.45. The maximum absolute atomic E-state index is 11.7. The highest BCUT2D eigenvalue weighted by Crippen LogP contribution is 2.37. The fourth-order valence-corrected chi connectivity index (χ4v) is 3.82. The van der Waals surface area contributed by atoms with E-state index in [4.69, 9.17) is 4.74 Å². The van der Waals surface area contributed by atoms with Crippen LogP contribution in [0.5, 0.6) is 0 Å². The van der Waals surface area contributed by atoms with Crippen molar-refractivity contribution in [2.45, 2.75) is 33.1 Å². The lowest BCUT2D eigenvalue weighted by Crippen LogP contribution is -2.07. The molecule has 0 aromatic carbocycles. The van der Waals surface area contributed by atoms with Gasteiger partial charge in [0.15, 0.2) is 11.5 Å². The number of hydrogen-bond acceptors (Lipinski definition) is 6. The maximum atomic E-state index is 11.7. The number of carbonyl (C=O) groups is 2. The number of carbonyl (C=O) groups excluding carboxylic acids is 2. The first-order chi connectivity index (χ1) is 9.74. The number of thiazole rings is 1. The molecule has 0 atom stereocenters. The van der Waals surface area contributed by atoms with Gasteiger partial charge in [-0.15, -0.1) is 22.7 Å². The Bertz CT molecular complexity index is 692. The molecule has 0 N–H and O–H groups in total. The first kappa shape index (κ1) is 15.9. The van der Waals surface area contributed by atoms with E-state index in [0.29, 0.717) is 9.88 Å². The molecule has 21 heavy (non-hydrogen) atoms. The molecule has 0 unspecified atom stereocenters. The number of methoxy groups -OCH3 is 1. The Morgan fingerprint density at radius 1 is 1.19 bits per heavy atom. The van der Waals surface area contributed by atoms with Crippen molar-refractivity contribution >= 4 is 34.4 Å². The second kappa shape index (κ2) is 5.69. The lowest BCUT2D eigenvalue weighted by molar-refractivity contribution is 0.0591. The van der Waals surface area contributed by atoms with E-state index >= 15 is 0 Å². The Morgan fingerprint density at radius 3 is 2.33 bits per heavy atom. The summed E-state index contributed by atoms with van der Waals surface area (Å²) in [6, 6.07) is 4.04. The van der Waals surface area contributed by atoms with Gasteiger partial charge in [-0.1, -0.05) is 20.8 Å². The van der Waals surface area contributed by atoms with Gasteiger partial charge in [-0.05, 0) is 17.5 Å². The number of Topliss-reactive ketones (excluding diaryl/α,β-unsaturated/α-hetero) is 1. The van der Waals surface area contributed by atoms with Gasteiger partial charge in [0.2, 0.25) is 0 Å². The molecule has 0 saturated heterocycles. The zero-order valence-corrected chi connectivity index (χ0v) is 14.3. The second-order valence-corrected chi connectivity index (χ2v) is 7.74. The number of ether oxygens (including phenoxy) is 1. The molecule has 2 aromatic rings. The van der Waals surface area contributed by atoms with E-state index in [0.717, 1.165) is 4.88 Å². The van der Waals surface area contributed by atoms with Crippen molar-refractivity contribution in [2.75, 3.05) is 7.11 Å². The summed E-state index contributed by atoms with van der Waals surface area (Å²) in [6.45, 7) is 7.86. The fraction of sp³-hybridized carbons (Fsp3) is 0.400. The molecule has 0 amide bonds. The molecule has 6 heteroatoms. The summed E-state index contributed by atoms with van der Waals surface area (Å²) in [6.07, 6.45) is 0. The van der Waals surface area contributed by atoms with Gasteiger partial charge in [0.1, 0.15) is 9.88 Å². The van der Waals surface area contributed by atoms with Crippen LogP contribution in [0.25, 0.3) is 9.88 Å². The molecule has 0 aliphatic carbocycles. The number of thiophene rings is 1. The van der Waals surface area contributed by atoms with Crippen LogP contribution in [0.2, 0.25) is 0 Å². The summed E-state index contributed by atoms with van der Waals surface area (Å²) >= 11 is 2.87. The van der Waals surface area contributed by atoms with Gasteiger partial charge in [-0.3, -0.25) is 4.79 Å². The Balaban J connectivity index is 2.48. The van der Waals surface area contributed by atoms with Crippen LogP contribution in [0.1, 0.15) is 52.7 Å². The average Bonchev–Trinajstić information content (AvgIpc) is 3.03. The average molecular weight is 323 g/mol. The molecule has 2 heterocycles. The van der Waals surface area contributed by atoms with Gasteiger partial charge < -0.3 is 4.74 Å². The first-order valence-corrected chi connectivity index (χ1v) is 8.08. The van der Waals surface area contributed by atoms with E-state index in [1.165, 1.54) is 30.2 Å². The quantitative estimate of drug-likeness (QED) is 0.629. The van der Waals surface area contributed by atoms with E-state index in [1.54, 1.807) is 11.3 Å². The van der Waals surface area contributed by atoms with E-state index < -0.39 is 5.97 Å². The highest BCUT2D eigenvalue weighted by Gasteiger charge is 2.24. The van der Waals surface area contributed by atoms with E-state index in [2.05, 4.69) is 31.8 Å². The molecule has 0 bridgehead atoms. The molecule has 0 saturated carbocycles. The number of ketones is 1. The van der Waals surface area contributed by atoms with Gasteiger partial charge in [0, 0.05) is 11.8 Å². The maximum Gasteiger partial charge on any atom is 0.358 e. The summed E-state index contributed by atoms with van der Waals surface area (Å²) in [5.74, 6) is -0.748. The van der Waals surface area contributed by atoms with Crippen LogP contribution in [-0.4, -0.2) is 23.8 Å². The Hall–Kier alpha value is -1.53. The summed E-state index contributed by atoms with van der Waals surface area (Å²) in [4.78, 5) is 30.2. The van der Waals surface area contributed by atoms with Gasteiger partial charge in [-0.25, -0.2) is 9.78 Å². The molecule has 2 aromatic heterocycles. The highest BCUT2D eigenvalue weighted by molar-refractivity contribution is 7.23. The number of rotatable bonds is 3. The topological polar surface area (TPSA) is 56.3 Å². The number of hydrogen-bond donors (Lipinski definition) is 0. The van der Waals surface area contributed by atoms with Crippen LogP contribution in [0.4, 0.5) is 0 Å². The third-order valence-electron chi connectivity index (χ3n) is 2.88. The SMILES string of the molecule is COC(=O)c1nc(-c2ccc(C(C)(C)C)s2)sc1C(C)=O. The molecule has 0 spiro atoms.